The predicted octanol–water partition coefficient (Wildman–Crippen LogP) is 21.0. The van der Waals surface area contributed by atoms with Gasteiger partial charge in [0.1, 0.15) is 0 Å². The van der Waals surface area contributed by atoms with Gasteiger partial charge in [0, 0.05) is 6.42 Å². The lowest BCUT2D eigenvalue weighted by molar-refractivity contribution is -0.123. The summed E-state index contributed by atoms with van der Waals surface area (Å²) in [6.45, 7) is 4.32. The molecule has 0 saturated carbocycles. The molecule has 4 heteroatoms. The Bertz CT molecular complexity index is 1090. The van der Waals surface area contributed by atoms with Gasteiger partial charge in [-0.2, -0.15) is 0 Å². The Labute approximate surface area is 433 Å². The second-order valence-electron chi connectivity index (χ2n) is 21.5. The maximum absolute atomic E-state index is 12.5. The van der Waals surface area contributed by atoms with E-state index in [1.807, 2.05) is 6.08 Å². The minimum absolute atomic E-state index is 0.0732. The van der Waals surface area contributed by atoms with Crippen LogP contribution in [0.3, 0.4) is 0 Å². The van der Waals surface area contributed by atoms with Crippen molar-refractivity contribution in [3.05, 3.63) is 48.6 Å². The van der Waals surface area contributed by atoms with E-state index < -0.39 is 12.1 Å². The Morgan fingerprint density at radius 3 is 0.841 bits per heavy atom. The van der Waals surface area contributed by atoms with Gasteiger partial charge in [-0.3, -0.25) is 4.79 Å². The van der Waals surface area contributed by atoms with E-state index in [-0.39, 0.29) is 12.5 Å². The van der Waals surface area contributed by atoms with Gasteiger partial charge in [-0.15, -0.1) is 0 Å². The summed E-state index contributed by atoms with van der Waals surface area (Å²) in [7, 11) is 0. The average Bonchev–Trinajstić information content (AvgIpc) is 3.35. The van der Waals surface area contributed by atoms with E-state index in [1.165, 1.54) is 283 Å². The highest BCUT2D eigenvalue weighted by Gasteiger charge is 2.18. The average molecular weight is 967 g/mol. The topological polar surface area (TPSA) is 69.6 Å². The van der Waals surface area contributed by atoms with Crippen LogP contribution in [0.4, 0.5) is 0 Å². The monoisotopic (exact) mass is 966 g/mol. The first-order valence-corrected chi connectivity index (χ1v) is 31.4. The lowest BCUT2D eigenvalue weighted by Gasteiger charge is -2.19. The molecule has 2 atom stereocenters. The van der Waals surface area contributed by atoms with E-state index in [9.17, 15) is 15.0 Å². The van der Waals surface area contributed by atoms with Crippen LogP contribution in [0.15, 0.2) is 48.6 Å². The van der Waals surface area contributed by atoms with E-state index in [4.69, 9.17) is 0 Å². The van der Waals surface area contributed by atoms with Crippen LogP contribution in [0.5, 0.6) is 0 Å². The van der Waals surface area contributed by atoms with Gasteiger partial charge in [0.2, 0.25) is 5.91 Å². The lowest BCUT2D eigenvalue weighted by atomic mass is 10.0. The first-order valence-electron chi connectivity index (χ1n) is 31.4. The molecule has 3 N–H and O–H groups in total. The smallest absolute Gasteiger partial charge is 0.220 e. The zero-order valence-electron chi connectivity index (χ0n) is 46.8. The van der Waals surface area contributed by atoms with Crippen molar-refractivity contribution in [2.75, 3.05) is 6.61 Å². The third-order valence-electron chi connectivity index (χ3n) is 14.5. The standard InChI is InChI=1S/C65H123NO3/c1-3-5-7-9-11-13-15-17-19-21-23-25-26-27-28-29-30-31-32-33-34-35-36-37-38-39-40-41-43-45-47-49-51-53-55-57-59-61-65(69)66-63(62-67)64(68)60-58-56-54-52-50-48-46-44-42-24-22-20-18-16-14-12-10-8-6-4-2/h31-32,42,44,50,52,58,60,63-64,67-68H,3-30,33-41,43,45-49,51,53-57,59,61-62H2,1-2H3,(H,66,69)/b32-31-,44-42+,52-50+,60-58+. The number of aliphatic hydroxyl groups is 2. The van der Waals surface area contributed by atoms with Gasteiger partial charge in [-0.05, 0) is 70.6 Å². The fraction of sp³-hybridized carbons (Fsp3) is 0.862. The van der Waals surface area contributed by atoms with E-state index in [0.29, 0.717) is 6.42 Å². The molecule has 0 bridgehead atoms. The fourth-order valence-corrected chi connectivity index (χ4v) is 9.74. The Balaban J connectivity index is 3.46. The van der Waals surface area contributed by atoms with Gasteiger partial charge in [0.15, 0.2) is 0 Å². The number of nitrogens with one attached hydrogen (secondary N) is 1. The molecule has 1 amide bonds. The molecule has 0 fully saturated rings. The van der Waals surface area contributed by atoms with Crippen LogP contribution < -0.4 is 5.32 Å². The van der Waals surface area contributed by atoms with Crippen molar-refractivity contribution in [3.8, 4) is 0 Å². The molecule has 69 heavy (non-hydrogen) atoms. The summed E-state index contributed by atoms with van der Waals surface area (Å²) in [6, 6.07) is -0.646. The molecule has 0 aliphatic heterocycles. The highest BCUT2D eigenvalue weighted by molar-refractivity contribution is 5.76. The van der Waals surface area contributed by atoms with Gasteiger partial charge in [-0.1, -0.05) is 313 Å². The van der Waals surface area contributed by atoms with Gasteiger partial charge in [-0.25, -0.2) is 0 Å². The van der Waals surface area contributed by atoms with Crippen molar-refractivity contribution in [1.82, 2.24) is 5.32 Å². The number of hydrogen-bond donors (Lipinski definition) is 3. The van der Waals surface area contributed by atoms with Gasteiger partial charge in [0.05, 0.1) is 18.8 Å². The van der Waals surface area contributed by atoms with Crippen molar-refractivity contribution in [1.29, 1.82) is 0 Å². The zero-order chi connectivity index (χ0) is 49.9. The molecule has 0 saturated heterocycles. The quantitative estimate of drug-likeness (QED) is 0.0420. The Hall–Kier alpha value is -1.65. The number of carbonyl (C=O) groups excluding carboxylic acids is 1. The van der Waals surface area contributed by atoms with Crippen LogP contribution >= 0.6 is 0 Å². The Morgan fingerprint density at radius 2 is 0.565 bits per heavy atom. The van der Waals surface area contributed by atoms with Crippen LogP contribution in [0.25, 0.3) is 0 Å². The van der Waals surface area contributed by atoms with Crippen LogP contribution in [0.2, 0.25) is 0 Å². The number of allylic oxidation sites excluding steroid dienone is 7. The maximum Gasteiger partial charge on any atom is 0.220 e. The van der Waals surface area contributed by atoms with E-state index in [0.717, 1.165) is 38.5 Å². The van der Waals surface area contributed by atoms with Crippen molar-refractivity contribution < 1.29 is 15.0 Å². The van der Waals surface area contributed by atoms with E-state index >= 15 is 0 Å². The lowest BCUT2D eigenvalue weighted by Crippen LogP contribution is -2.45. The summed E-state index contributed by atoms with van der Waals surface area (Å²) >= 11 is 0. The molecular formula is C65H123NO3. The molecule has 4 nitrogen and oxygen atoms in total. The van der Waals surface area contributed by atoms with Gasteiger partial charge >= 0.3 is 0 Å². The van der Waals surface area contributed by atoms with E-state index in [2.05, 4.69) is 55.6 Å². The third-order valence-corrected chi connectivity index (χ3v) is 14.5. The second kappa shape index (κ2) is 60.7. The highest BCUT2D eigenvalue weighted by atomic mass is 16.3. The molecule has 0 aromatic carbocycles. The summed E-state index contributed by atoms with van der Waals surface area (Å²) in [6.07, 6.45) is 84.6. The number of hydrogen-bond acceptors (Lipinski definition) is 3. The van der Waals surface area contributed by atoms with Crippen molar-refractivity contribution >= 4 is 5.91 Å². The molecule has 0 radical (unpaired) electrons. The van der Waals surface area contributed by atoms with E-state index in [1.54, 1.807) is 6.08 Å². The molecule has 0 aromatic heterocycles. The molecule has 0 spiro atoms. The normalized spacial score (nSPS) is 13.0. The van der Waals surface area contributed by atoms with Gasteiger partial charge in [0.25, 0.3) is 0 Å². The summed E-state index contributed by atoms with van der Waals surface area (Å²) < 4.78 is 0. The fourth-order valence-electron chi connectivity index (χ4n) is 9.74. The summed E-state index contributed by atoms with van der Waals surface area (Å²) in [4.78, 5) is 12.5. The number of amides is 1. The molecule has 0 heterocycles. The third kappa shape index (κ3) is 57.1. The van der Waals surface area contributed by atoms with Crippen LogP contribution in [0, 0.1) is 0 Å². The number of carbonyl (C=O) groups is 1. The summed E-state index contributed by atoms with van der Waals surface area (Å²) in [5.41, 5.74) is 0. The first kappa shape index (κ1) is 67.3. The number of unbranched alkanes of at least 4 members (excludes halogenated alkanes) is 45. The largest absolute Gasteiger partial charge is 0.394 e. The summed E-state index contributed by atoms with van der Waals surface area (Å²) in [5.74, 6) is -0.0732. The Kier molecular flexibility index (Phi) is 59.2. The van der Waals surface area contributed by atoms with Crippen molar-refractivity contribution in [2.45, 2.75) is 353 Å². The molecule has 0 aromatic rings. The Morgan fingerprint density at radius 1 is 0.333 bits per heavy atom. The predicted molar refractivity (Wildman–Crippen MR) is 308 cm³/mol. The summed E-state index contributed by atoms with van der Waals surface area (Å²) in [5, 5.41) is 23.2. The minimum atomic E-state index is -0.871. The molecule has 0 aliphatic rings. The SMILES string of the molecule is CCCCCCCCCCCC/C=C/CC/C=C/CC/C=C/C(O)C(CO)NC(=O)CCCCCCCCCCCCCCCCCCC/C=C\CCCCCCCCCCCCCCCCCC. The van der Waals surface area contributed by atoms with Crippen LogP contribution in [0.1, 0.15) is 341 Å². The molecule has 406 valence electrons. The maximum atomic E-state index is 12.5. The zero-order valence-corrected chi connectivity index (χ0v) is 46.8. The van der Waals surface area contributed by atoms with Crippen molar-refractivity contribution in [2.24, 2.45) is 0 Å². The minimum Gasteiger partial charge on any atom is -0.394 e. The first-order chi connectivity index (χ1) is 34.2. The van der Waals surface area contributed by atoms with Crippen molar-refractivity contribution in [3.63, 3.8) is 0 Å². The van der Waals surface area contributed by atoms with Crippen LogP contribution in [-0.4, -0.2) is 34.9 Å². The van der Waals surface area contributed by atoms with Crippen LogP contribution in [-0.2, 0) is 4.79 Å². The van der Waals surface area contributed by atoms with Gasteiger partial charge < -0.3 is 15.5 Å². The number of aliphatic hydroxyl groups excluding tert-OH is 2. The molecule has 2 unspecified atom stereocenters. The molecular weight excluding hydrogens is 843 g/mol. The highest BCUT2D eigenvalue weighted by Crippen LogP contribution is 2.17. The molecule has 0 aliphatic carbocycles. The second-order valence-corrected chi connectivity index (χ2v) is 21.5. The number of rotatable bonds is 58. The molecule has 0 rings (SSSR count).